The van der Waals surface area contributed by atoms with Crippen LogP contribution >= 0.6 is 0 Å². The third kappa shape index (κ3) is 5.06. The first kappa shape index (κ1) is 21.4. The summed E-state index contributed by atoms with van der Waals surface area (Å²) in [5, 5.41) is 13.3. The zero-order valence-corrected chi connectivity index (χ0v) is 17.6. The SMILES string of the molecule is C[C@@H](CO)Oc1cc(Oc2ccc(C(=O)N3CCC3)cc2)cc(C(=O)Nn2cccn2)c1. The van der Waals surface area contributed by atoms with E-state index in [2.05, 4.69) is 10.5 Å². The van der Waals surface area contributed by atoms with Gasteiger partial charge in [0.2, 0.25) is 0 Å². The number of hydrogen-bond acceptors (Lipinski definition) is 6. The van der Waals surface area contributed by atoms with E-state index in [4.69, 9.17) is 9.47 Å². The number of nitrogens with one attached hydrogen (secondary N) is 1. The first-order valence-corrected chi connectivity index (χ1v) is 10.3. The van der Waals surface area contributed by atoms with Crippen molar-refractivity contribution in [2.45, 2.75) is 19.4 Å². The van der Waals surface area contributed by atoms with E-state index in [0.717, 1.165) is 19.5 Å². The summed E-state index contributed by atoms with van der Waals surface area (Å²) in [6.07, 6.45) is 3.73. The van der Waals surface area contributed by atoms with Crippen molar-refractivity contribution in [3.8, 4) is 17.2 Å². The highest BCUT2D eigenvalue weighted by atomic mass is 16.5. The minimum atomic E-state index is -0.459. The van der Waals surface area contributed by atoms with Crippen LogP contribution in [-0.4, -0.2) is 57.5 Å². The summed E-state index contributed by atoms with van der Waals surface area (Å²) < 4.78 is 11.6. The molecule has 0 bridgehead atoms. The average Bonchev–Trinajstić information content (AvgIpc) is 3.25. The van der Waals surface area contributed by atoms with Gasteiger partial charge in [-0.3, -0.25) is 9.59 Å². The summed E-state index contributed by atoms with van der Waals surface area (Å²) in [6.45, 7) is 3.12. The van der Waals surface area contributed by atoms with Crippen molar-refractivity contribution >= 4 is 11.8 Å². The van der Waals surface area contributed by atoms with Crippen molar-refractivity contribution in [2.24, 2.45) is 0 Å². The lowest BCUT2D eigenvalue weighted by Gasteiger charge is -2.30. The summed E-state index contributed by atoms with van der Waals surface area (Å²) >= 11 is 0. The molecular weight excluding hydrogens is 412 g/mol. The second kappa shape index (κ2) is 9.52. The van der Waals surface area contributed by atoms with Crippen molar-refractivity contribution in [1.29, 1.82) is 0 Å². The van der Waals surface area contributed by atoms with E-state index < -0.39 is 12.0 Å². The minimum absolute atomic E-state index is 0.00812. The molecule has 0 radical (unpaired) electrons. The number of aliphatic hydroxyl groups is 1. The van der Waals surface area contributed by atoms with Gasteiger partial charge in [-0.15, -0.1) is 0 Å². The van der Waals surface area contributed by atoms with Gasteiger partial charge in [0.1, 0.15) is 23.4 Å². The number of aliphatic hydroxyl groups excluding tert-OH is 1. The number of ether oxygens (including phenoxy) is 2. The van der Waals surface area contributed by atoms with Gasteiger partial charge in [0.15, 0.2) is 0 Å². The maximum atomic E-state index is 12.7. The standard InChI is InChI=1S/C23H24N4O5/c1-16(15-28)31-20-12-18(22(29)25-27-11-2-8-24-27)13-21(14-20)32-19-6-4-17(5-7-19)23(30)26-9-3-10-26/h2,4-8,11-14,16,28H,3,9-10,15H2,1H3,(H,25,29)/t16-/m0/s1. The molecule has 1 aliphatic rings. The van der Waals surface area contributed by atoms with Crippen LogP contribution in [0.2, 0.25) is 0 Å². The van der Waals surface area contributed by atoms with Crippen LogP contribution < -0.4 is 14.9 Å². The largest absolute Gasteiger partial charge is 0.488 e. The molecule has 1 atom stereocenters. The Morgan fingerprint density at radius 2 is 1.84 bits per heavy atom. The topological polar surface area (TPSA) is 106 Å². The molecule has 32 heavy (non-hydrogen) atoms. The van der Waals surface area contributed by atoms with Crippen LogP contribution in [0.25, 0.3) is 0 Å². The Bertz CT molecular complexity index is 1080. The molecule has 0 aliphatic carbocycles. The van der Waals surface area contributed by atoms with Gasteiger partial charge in [-0.05, 0) is 55.8 Å². The molecular formula is C23H24N4O5. The van der Waals surface area contributed by atoms with Gasteiger partial charge in [-0.2, -0.15) is 9.89 Å². The molecule has 9 heteroatoms. The zero-order chi connectivity index (χ0) is 22.5. The first-order valence-electron chi connectivity index (χ1n) is 10.3. The monoisotopic (exact) mass is 436 g/mol. The fourth-order valence-corrected chi connectivity index (χ4v) is 3.11. The van der Waals surface area contributed by atoms with E-state index in [0.29, 0.717) is 28.4 Å². The number of benzene rings is 2. The van der Waals surface area contributed by atoms with E-state index in [1.54, 1.807) is 72.7 Å². The van der Waals surface area contributed by atoms with Crippen LogP contribution in [0.15, 0.2) is 60.9 Å². The minimum Gasteiger partial charge on any atom is -0.488 e. The number of carbonyl (C=O) groups excluding carboxylic acids is 2. The van der Waals surface area contributed by atoms with Crippen molar-refractivity contribution in [3.63, 3.8) is 0 Å². The lowest BCUT2D eigenvalue weighted by molar-refractivity contribution is 0.0651. The molecule has 2 N–H and O–H groups in total. The molecule has 1 fully saturated rings. The smallest absolute Gasteiger partial charge is 0.271 e. The highest BCUT2D eigenvalue weighted by Crippen LogP contribution is 2.29. The van der Waals surface area contributed by atoms with Crippen molar-refractivity contribution in [3.05, 3.63) is 72.1 Å². The molecule has 166 valence electrons. The van der Waals surface area contributed by atoms with E-state index in [1.165, 1.54) is 4.79 Å². The number of hydrogen-bond donors (Lipinski definition) is 2. The lowest BCUT2D eigenvalue weighted by atomic mass is 10.1. The Labute approximate surface area is 185 Å². The third-order valence-corrected chi connectivity index (χ3v) is 4.94. The maximum absolute atomic E-state index is 12.7. The molecule has 2 amide bonds. The normalized spacial score (nSPS) is 13.8. The van der Waals surface area contributed by atoms with Crippen LogP contribution in [0, 0.1) is 0 Å². The summed E-state index contributed by atoms with van der Waals surface area (Å²) in [7, 11) is 0. The summed E-state index contributed by atoms with van der Waals surface area (Å²) in [5.41, 5.74) is 3.53. The molecule has 0 spiro atoms. The van der Waals surface area contributed by atoms with Crippen LogP contribution in [0.1, 0.15) is 34.1 Å². The average molecular weight is 436 g/mol. The second-order valence-electron chi connectivity index (χ2n) is 7.47. The molecule has 0 saturated carbocycles. The number of carbonyl (C=O) groups is 2. The maximum Gasteiger partial charge on any atom is 0.271 e. The Balaban J connectivity index is 1.54. The number of rotatable bonds is 8. The van der Waals surface area contributed by atoms with Crippen molar-refractivity contribution < 1.29 is 24.2 Å². The highest BCUT2D eigenvalue weighted by molar-refractivity contribution is 6.00. The van der Waals surface area contributed by atoms with E-state index in [1.807, 2.05) is 0 Å². The molecule has 1 aromatic heterocycles. The van der Waals surface area contributed by atoms with Crippen LogP contribution in [0.5, 0.6) is 17.2 Å². The first-order chi connectivity index (χ1) is 15.5. The predicted molar refractivity (Wildman–Crippen MR) is 117 cm³/mol. The van der Waals surface area contributed by atoms with E-state index in [9.17, 15) is 14.7 Å². The summed E-state index contributed by atoms with van der Waals surface area (Å²) in [6, 6.07) is 13.3. The van der Waals surface area contributed by atoms with Crippen LogP contribution in [-0.2, 0) is 0 Å². The van der Waals surface area contributed by atoms with Crippen molar-refractivity contribution in [1.82, 2.24) is 14.8 Å². The Kier molecular flexibility index (Phi) is 6.37. The third-order valence-electron chi connectivity index (χ3n) is 4.94. The highest BCUT2D eigenvalue weighted by Gasteiger charge is 2.21. The zero-order valence-electron chi connectivity index (χ0n) is 17.6. The summed E-state index contributed by atoms with van der Waals surface area (Å²) in [4.78, 5) is 28.1. The van der Waals surface area contributed by atoms with Gasteiger partial charge < -0.3 is 19.5 Å². The van der Waals surface area contributed by atoms with Crippen LogP contribution in [0.3, 0.4) is 0 Å². The molecule has 9 nitrogen and oxygen atoms in total. The Morgan fingerprint density at radius 1 is 1.09 bits per heavy atom. The Hall–Kier alpha value is -3.85. The van der Waals surface area contributed by atoms with Gasteiger partial charge >= 0.3 is 0 Å². The lowest BCUT2D eigenvalue weighted by Crippen LogP contribution is -2.41. The number of likely N-dealkylation sites (tertiary alicyclic amines) is 1. The van der Waals surface area contributed by atoms with Crippen molar-refractivity contribution in [2.75, 3.05) is 25.1 Å². The second-order valence-corrected chi connectivity index (χ2v) is 7.47. The van der Waals surface area contributed by atoms with Crippen LogP contribution in [0.4, 0.5) is 0 Å². The quantitative estimate of drug-likeness (QED) is 0.562. The molecule has 3 aromatic rings. The Morgan fingerprint density at radius 3 is 2.47 bits per heavy atom. The van der Waals surface area contributed by atoms with Gasteiger partial charge in [0.05, 0.1) is 12.8 Å². The number of aromatic nitrogens is 2. The fourth-order valence-electron chi connectivity index (χ4n) is 3.11. The molecule has 2 aromatic carbocycles. The van der Waals surface area contributed by atoms with Gasteiger partial charge in [-0.25, -0.2) is 5.43 Å². The molecule has 2 heterocycles. The molecule has 4 rings (SSSR count). The van der Waals surface area contributed by atoms with Gasteiger partial charge in [-0.1, -0.05) is 0 Å². The molecule has 0 unspecified atom stereocenters. The number of amides is 2. The van der Waals surface area contributed by atoms with Gasteiger partial charge in [0, 0.05) is 36.5 Å². The number of nitrogens with zero attached hydrogens (tertiary/aromatic N) is 3. The van der Waals surface area contributed by atoms with E-state index >= 15 is 0 Å². The molecule has 1 saturated heterocycles. The predicted octanol–water partition coefficient (Wildman–Crippen LogP) is 2.66. The van der Waals surface area contributed by atoms with Gasteiger partial charge in [0.25, 0.3) is 11.8 Å². The summed E-state index contributed by atoms with van der Waals surface area (Å²) in [5.74, 6) is 0.861. The van der Waals surface area contributed by atoms with E-state index in [-0.39, 0.29) is 12.5 Å². The fraction of sp³-hybridized carbons (Fsp3) is 0.261. The molecule has 1 aliphatic heterocycles.